The predicted octanol–water partition coefficient (Wildman–Crippen LogP) is 1.44. The minimum absolute atomic E-state index is 0.447. The standard InChI is InChI=1S/C11H13NO3S/c1-7(10(12)13)15-11(14)8-5-3-4-6-9(8)16-2/h3-7H,1-2H3,(H2,12,13)/t7-/m1/s1. The molecule has 0 aliphatic carbocycles. The Morgan fingerprint density at radius 2 is 2.00 bits per heavy atom. The third kappa shape index (κ3) is 3.00. The maximum Gasteiger partial charge on any atom is 0.340 e. The van der Waals surface area contributed by atoms with E-state index in [4.69, 9.17) is 10.5 Å². The highest BCUT2D eigenvalue weighted by atomic mass is 32.2. The van der Waals surface area contributed by atoms with Crippen LogP contribution in [-0.4, -0.2) is 24.2 Å². The summed E-state index contributed by atoms with van der Waals surface area (Å²) in [5, 5.41) is 0. The van der Waals surface area contributed by atoms with Crippen molar-refractivity contribution in [3.05, 3.63) is 29.8 Å². The molecular weight excluding hydrogens is 226 g/mol. The van der Waals surface area contributed by atoms with Crippen LogP contribution in [0, 0.1) is 0 Å². The summed E-state index contributed by atoms with van der Waals surface area (Å²) in [6.07, 6.45) is 0.950. The summed E-state index contributed by atoms with van der Waals surface area (Å²) in [5.74, 6) is -1.19. The average molecular weight is 239 g/mol. The van der Waals surface area contributed by atoms with E-state index in [-0.39, 0.29) is 0 Å². The van der Waals surface area contributed by atoms with Crippen molar-refractivity contribution in [1.82, 2.24) is 0 Å². The van der Waals surface area contributed by atoms with E-state index in [1.807, 2.05) is 18.4 Å². The second-order valence-electron chi connectivity index (χ2n) is 3.15. The molecule has 1 atom stereocenters. The molecule has 0 aliphatic rings. The maximum atomic E-state index is 11.7. The van der Waals surface area contributed by atoms with Gasteiger partial charge in [-0.3, -0.25) is 4.79 Å². The van der Waals surface area contributed by atoms with Crippen LogP contribution in [0.25, 0.3) is 0 Å². The Morgan fingerprint density at radius 1 is 1.38 bits per heavy atom. The molecule has 1 rings (SSSR count). The molecule has 0 heterocycles. The van der Waals surface area contributed by atoms with E-state index in [1.165, 1.54) is 18.7 Å². The molecule has 0 bridgehead atoms. The molecule has 0 fully saturated rings. The summed E-state index contributed by atoms with van der Waals surface area (Å²) in [7, 11) is 0. The van der Waals surface area contributed by atoms with Gasteiger partial charge in [-0.2, -0.15) is 0 Å². The smallest absolute Gasteiger partial charge is 0.340 e. The summed E-state index contributed by atoms with van der Waals surface area (Å²) in [6.45, 7) is 1.45. The molecule has 0 saturated carbocycles. The molecular formula is C11H13NO3S. The molecule has 16 heavy (non-hydrogen) atoms. The van der Waals surface area contributed by atoms with Crippen LogP contribution >= 0.6 is 11.8 Å². The molecule has 0 aliphatic heterocycles. The number of nitrogens with two attached hydrogens (primary N) is 1. The van der Waals surface area contributed by atoms with Gasteiger partial charge in [-0.1, -0.05) is 12.1 Å². The molecule has 0 saturated heterocycles. The highest BCUT2D eigenvalue weighted by molar-refractivity contribution is 7.98. The van der Waals surface area contributed by atoms with E-state index in [2.05, 4.69) is 0 Å². The average Bonchev–Trinajstić information content (AvgIpc) is 2.28. The number of primary amides is 1. The highest BCUT2D eigenvalue weighted by Crippen LogP contribution is 2.20. The predicted molar refractivity (Wildman–Crippen MR) is 62.3 cm³/mol. The van der Waals surface area contributed by atoms with Crippen LogP contribution in [0.2, 0.25) is 0 Å². The van der Waals surface area contributed by atoms with Crippen LogP contribution in [-0.2, 0) is 9.53 Å². The molecule has 0 spiro atoms. The number of hydrogen-bond acceptors (Lipinski definition) is 4. The number of ether oxygens (including phenoxy) is 1. The van der Waals surface area contributed by atoms with Gasteiger partial charge >= 0.3 is 5.97 Å². The Hall–Kier alpha value is -1.49. The number of esters is 1. The van der Waals surface area contributed by atoms with Gasteiger partial charge in [-0.15, -0.1) is 11.8 Å². The molecule has 2 N–H and O–H groups in total. The normalized spacial score (nSPS) is 11.9. The monoisotopic (exact) mass is 239 g/mol. The van der Waals surface area contributed by atoms with Gasteiger partial charge in [-0.05, 0) is 25.3 Å². The van der Waals surface area contributed by atoms with E-state index < -0.39 is 18.0 Å². The molecule has 5 heteroatoms. The first-order valence-corrected chi connectivity index (χ1v) is 5.92. The fraction of sp³-hybridized carbons (Fsp3) is 0.273. The Morgan fingerprint density at radius 3 is 2.56 bits per heavy atom. The van der Waals surface area contributed by atoms with Crippen LogP contribution < -0.4 is 5.73 Å². The topological polar surface area (TPSA) is 69.4 Å². The number of rotatable bonds is 4. The number of carbonyl (C=O) groups is 2. The molecule has 4 nitrogen and oxygen atoms in total. The van der Waals surface area contributed by atoms with Gasteiger partial charge in [0.2, 0.25) is 0 Å². The summed E-state index contributed by atoms with van der Waals surface area (Å²) in [4.78, 5) is 23.3. The van der Waals surface area contributed by atoms with Crippen molar-refractivity contribution in [2.75, 3.05) is 6.26 Å². The Labute approximate surface area is 98.2 Å². The van der Waals surface area contributed by atoms with Gasteiger partial charge in [0.15, 0.2) is 6.10 Å². The van der Waals surface area contributed by atoms with Gasteiger partial charge in [0.05, 0.1) is 5.56 Å². The van der Waals surface area contributed by atoms with Crippen LogP contribution in [0.3, 0.4) is 0 Å². The van der Waals surface area contributed by atoms with Gasteiger partial charge in [0.25, 0.3) is 5.91 Å². The number of thioether (sulfide) groups is 1. The summed E-state index contributed by atoms with van der Waals surface area (Å²) in [6, 6.07) is 7.05. The van der Waals surface area contributed by atoms with Gasteiger partial charge in [-0.25, -0.2) is 4.79 Å². The third-order valence-corrected chi connectivity index (χ3v) is 2.81. The first kappa shape index (κ1) is 12.6. The zero-order valence-corrected chi connectivity index (χ0v) is 9.91. The first-order valence-electron chi connectivity index (χ1n) is 4.69. The van der Waals surface area contributed by atoms with Crippen molar-refractivity contribution in [3.8, 4) is 0 Å². The van der Waals surface area contributed by atoms with Crippen molar-refractivity contribution in [2.45, 2.75) is 17.9 Å². The zero-order valence-electron chi connectivity index (χ0n) is 9.10. The lowest BCUT2D eigenvalue weighted by Gasteiger charge is -2.11. The second-order valence-corrected chi connectivity index (χ2v) is 4.00. The van der Waals surface area contributed by atoms with Crippen LogP contribution in [0.15, 0.2) is 29.2 Å². The van der Waals surface area contributed by atoms with Crippen molar-refractivity contribution in [2.24, 2.45) is 5.73 Å². The van der Waals surface area contributed by atoms with E-state index in [0.29, 0.717) is 5.56 Å². The first-order chi connectivity index (χ1) is 7.56. The summed E-state index contributed by atoms with van der Waals surface area (Å²) in [5.41, 5.74) is 5.46. The van der Waals surface area contributed by atoms with Gasteiger partial charge in [0.1, 0.15) is 0 Å². The number of hydrogen-bond donors (Lipinski definition) is 1. The Kier molecular flexibility index (Phi) is 4.37. The van der Waals surface area contributed by atoms with Crippen molar-refractivity contribution < 1.29 is 14.3 Å². The lowest BCUT2D eigenvalue weighted by molar-refractivity contribution is -0.125. The number of carbonyl (C=O) groups excluding carboxylic acids is 2. The van der Waals surface area contributed by atoms with Crippen LogP contribution in [0.4, 0.5) is 0 Å². The van der Waals surface area contributed by atoms with E-state index >= 15 is 0 Å². The lowest BCUT2D eigenvalue weighted by atomic mass is 10.2. The van der Waals surface area contributed by atoms with E-state index in [0.717, 1.165) is 4.90 Å². The summed E-state index contributed by atoms with van der Waals surface area (Å²) < 4.78 is 4.91. The number of benzene rings is 1. The summed E-state index contributed by atoms with van der Waals surface area (Å²) >= 11 is 1.44. The molecule has 86 valence electrons. The SMILES string of the molecule is CSc1ccccc1C(=O)O[C@H](C)C(N)=O. The van der Waals surface area contributed by atoms with E-state index in [9.17, 15) is 9.59 Å². The van der Waals surface area contributed by atoms with Crippen LogP contribution in [0.5, 0.6) is 0 Å². The quantitative estimate of drug-likeness (QED) is 0.637. The molecule has 1 aromatic carbocycles. The molecule has 1 aromatic rings. The second kappa shape index (κ2) is 5.55. The van der Waals surface area contributed by atoms with Crippen molar-refractivity contribution >= 4 is 23.6 Å². The molecule has 0 unspecified atom stereocenters. The molecule has 0 radical (unpaired) electrons. The highest BCUT2D eigenvalue weighted by Gasteiger charge is 2.18. The van der Waals surface area contributed by atoms with Crippen molar-refractivity contribution in [3.63, 3.8) is 0 Å². The molecule has 1 amide bonds. The lowest BCUT2D eigenvalue weighted by Crippen LogP contribution is -2.30. The Bertz CT molecular complexity index is 406. The molecule has 0 aromatic heterocycles. The maximum absolute atomic E-state index is 11.7. The largest absolute Gasteiger partial charge is 0.449 e. The van der Waals surface area contributed by atoms with Crippen LogP contribution in [0.1, 0.15) is 17.3 Å². The third-order valence-electron chi connectivity index (χ3n) is 2.01. The fourth-order valence-electron chi connectivity index (χ4n) is 1.10. The number of amides is 1. The minimum atomic E-state index is -0.914. The minimum Gasteiger partial charge on any atom is -0.449 e. The van der Waals surface area contributed by atoms with Gasteiger partial charge < -0.3 is 10.5 Å². The van der Waals surface area contributed by atoms with E-state index in [1.54, 1.807) is 12.1 Å². The Balaban J connectivity index is 2.84. The van der Waals surface area contributed by atoms with Gasteiger partial charge in [0, 0.05) is 4.90 Å². The fourth-order valence-corrected chi connectivity index (χ4v) is 1.68. The van der Waals surface area contributed by atoms with Crippen molar-refractivity contribution in [1.29, 1.82) is 0 Å². The zero-order chi connectivity index (χ0) is 12.1.